The third-order valence-corrected chi connectivity index (χ3v) is 3.92. The second kappa shape index (κ2) is 4.86. The van der Waals surface area contributed by atoms with E-state index in [4.69, 9.17) is 11.6 Å². The van der Waals surface area contributed by atoms with E-state index in [2.05, 4.69) is 39.9 Å². The fourth-order valence-electron chi connectivity index (χ4n) is 1.95. The highest BCUT2D eigenvalue weighted by Gasteiger charge is 2.20. The van der Waals surface area contributed by atoms with Crippen molar-refractivity contribution < 1.29 is 0 Å². The van der Waals surface area contributed by atoms with Crippen LogP contribution in [0.2, 0.25) is 5.02 Å². The second-order valence-electron chi connectivity index (χ2n) is 4.22. The smallest absolute Gasteiger partial charge is 0.0453 e. The summed E-state index contributed by atoms with van der Waals surface area (Å²) in [6, 6.07) is 6.31. The molecular formula is C12H15BrClN. The van der Waals surface area contributed by atoms with E-state index in [1.165, 1.54) is 24.1 Å². The molecule has 1 nitrogen and oxygen atoms in total. The van der Waals surface area contributed by atoms with Crippen LogP contribution in [0.1, 0.15) is 17.5 Å². The Morgan fingerprint density at radius 3 is 2.93 bits per heavy atom. The first kappa shape index (κ1) is 11.4. The monoisotopic (exact) mass is 287 g/mol. The van der Waals surface area contributed by atoms with Gasteiger partial charge in [0.1, 0.15) is 0 Å². The van der Waals surface area contributed by atoms with Gasteiger partial charge in [-0.3, -0.25) is 4.90 Å². The predicted molar refractivity (Wildman–Crippen MR) is 68.8 cm³/mol. The van der Waals surface area contributed by atoms with Crippen LogP contribution in [0.15, 0.2) is 18.2 Å². The topological polar surface area (TPSA) is 3.24 Å². The minimum atomic E-state index is 0.654. The van der Waals surface area contributed by atoms with E-state index in [1.807, 2.05) is 6.07 Å². The summed E-state index contributed by atoms with van der Waals surface area (Å²) in [5.41, 5.74) is 2.47. The molecule has 1 fully saturated rings. The van der Waals surface area contributed by atoms with Gasteiger partial charge in [-0.15, -0.1) is 0 Å². The van der Waals surface area contributed by atoms with Crippen LogP contribution >= 0.6 is 27.5 Å². The molecule has 1 heterocycles. The maximum absolute atomic E-state index is 6.21. The lowest BCUT2D eigenvalue weighted by atomic mass is 10.1. The van der Waals surface area contributed by atoms with Gasteiger partial charge in [-0.05, 0) is 37.1 Å². The molecule has 0 spiro atoms. The van der Waals surface area contributed by atoms with E-state index >= 15 is 0 Å². The van der Waals surface area contributed by atoms with Crippen molar-refractivity contribution in [2.45, 2.75) is 24.7 Å². The predicted octanol–water partition coefficient (Wildman–Crippen LogP) is 3.62. The average Bonchev–Trinajstić information content (AvgIpc) is 2.56. The van der Waals surface area contributed by atoms with Crippen LogP contribution in [-0.4, -0.2) is 22.8 Å². The summed E-state index contributed by atoms with van der Waals surface area (Å²) in [4.78, 5) is 3.09. The standard InChI is InChI=1S/C12H15BrClN/c1-9-2-3-10(12(14)6-9)7-15-5-4-11(13)8-15/h2-3,6,11H,4-5,7-8H2,1H3. The molecule has 0 aromatic heterocycles. The first-order chi connectivity index (χ1) is 7.15. The summed E-state index contributed by atoms with van der Waals surface area (Å²) < 4.78 is 0. The van der Waals surface area contributed by atoms with Crippen LogP contribution in [0.5, 0.6) is 0 Å². The van der Waals surface area contributed by atoms with Crippen molar-refractivity contribution in [3.8, 4) is 0 Å². The van der Waals surface area contributed by atoms with Crippen molar-refractivity contribution >= 4 is 27.5 Å². The summed E-state index contributed by atoms with van der Waals surface area (Å²) in [6.45, 7) is 5.34. The first-order valence-electron chi connectivity index (χ1n) is 5.26. The summed E-state index contributed by atoms with van der Waals surface area (Å²) >= 11 is 9.85. The van der Waals surface area contributed by atoms with Crippen LogP contribution in [0.25, 0.3) is 0 Å². The summed E-state index contributed by atoms with van der Waals surface area (Å²) in [7, 11) is 0. The molecule has 0 amide bonds. The zero-order valence-electron chi connectivity index (χ0n) is 8.84. The van der Waals surface area contributed by atoms with Gasteiger partial charge in [0.2, 0.25) is 0 Å². The Labute approximate surface area is 105 Å². The third kappa shape index (κ3) is 2.96. The molecule has 1 aliphatic heterocycles. The molecule has 3 heteroatoms. The van der Waals surface area contributed by atoms with E-state index in [0.29, 0.717) is 4.83 Å². The molecule has 1 atom stereocenters. The molecule has 0 saturated carbocycles. The minimum Gasteiger partial charge on any atom is -0.298 e. The van der Waals surface area contributed by atoms with Crippen molar-refractivity contribution in [1.82, 2.24) is 4.90 Å². The molecule has 1 unspecified atom stereocenters. The van der Waals surface area contributed by atoms with Crippen LogP contribution in [-0.2, 0) is 6.54 Å². The van der Waals surface area contributed by atoms with Crippen molar-refractivity contribution in [3.63, 3.8) is 0 Å². The van der Waals surface area contributed by atoms with Gasteiger partial charge < -0.3 is 0 Å². The first-order valence-corrected chi connectivity index (χ1v) is 6.56. The largest absolute Gasteiger partial charge is 0.298 e. The van der Waals surface area contributed by atoms with Gasteiger partial charge in [-0.25, -0.2) is 0 Å². The summed E-state index contributed by atoms with van der Waals surface area (Å²) in [6.07, 6.45) is 1.24. The fourth-order valence-corrected chi connectivity index (χ4v) is 2.86. The Kier molecular flexibility index (Phi) is 3.70. The summed E-state index contributed by atoms with van der Waals surface area (Å²) in [5, 5.41) is 0.896. The molecule has 0 aliphatic carbocycles. The van der Waals surface area contributed by atoms with E-state index in [-0.39, 0.29) is 0 Å². The number of halogens is 2. The number of nitrogens with zero attached hydrogens (tertiary/aromatic N) is 1. The zero-order chi connectivity index (χ0) is 10.8. The number of hydrogen-bond acceptors (Lipinski definition) is 1. The number of alkyl halides is 1. The highest BCUT2D eigenvalue weighted by molar-refractivity contribution is 9.09. The van der Waals surface area contributed by atoms with E-state index in [9.17, 15) is 0 Å². The second-order valence-corrected chi connectivity index (χ2v) is 5.92. The number of rotatable bonds is 2. The molecular weight excluding hydrogens is 273 g/mol. The number of aryl methyl sites for hydroxylation is 1. The Balaban J connectivity index is 2.04. The van der Waals surface area contributed by atoms with Gasteiger partial charge in [0, 0.05) is 22.9 Å². The Morgan fingerprint density at radius 2 is 2.33 bits per heavy atom. The molecule has 1 aromatic rings. The molecule has 15 heavy (non-hydrogen) atoms. The maximum Gasteiger partial charge on any atom is 0.0453 e. The third-order valence-electron chi connectivity index (χ3n) is 2.82. The van der Waals surface area contributed by atoms with Gasteiger partial charge in [0.15, 0.2) is 0 Å². The van der Waals surface area contributed by atoms with Gasteiger partial charge in [-0.1, -0.05) is 39.7 Å². The van der Waals surface area contributed by atoms with Crippen LogP contribution in [0.4, 0.5) is 0 Å². The van der Waals surface area contributed by atoms with Crippen LogP contribution in [0, 0.1) is 6.92 Å². The molecule has 2 rings (SSSR count). The van der Waals surface area contributed by atoms with Gasteiger partial charge in [-0.2, -0.15) is 0 Å². The average molecular weight is 289 g/mol. The number of likely N-dealkylation sites (tertiary alicyclic amines) is 1. The lowest BCUT2D eigenvalue weighted by Crippen LogP contribution is -2.20. The normalized spacial score (nSPS) is 22.2. The lowest BCUT2D eigenvalue weighted by molar-refractivity contribution is 0.333. The molecule has 82 valence electrons. The van der Waals surface area contributed by atoms with E-state index < -0.39 is 0 Å². The maximum atomic E-state index is 6.21. The minimum absolute atomic E-state index is 0.654. The Morgan fingerprint density at radius 1 is 1.53 bits per heavy atom. The molecule has 0 radical (unpaired) electrons. The van der Waals surface area contributed by atoms with Crippen molar-refractivity contribution in [1.29, 1.82) is 0 Å². The van der Waals surface area contributed by atoms with E-state index in [1.54, 1.807) is 0 Å². The number of hydrogen-bond donors (Lipinski definition) is 0. The fraction of sp³-hybridized carbons (Fsp3) is 0.500. The molecule has 1 aromatic carbocycles. The zero-order valence-corrected chi connectivity index (χ0v) is 11.2. The Hall–Kier alpha value is -0.0500. The molecule has 1 aliphatic rings. The highest BCUT2D eigenvalue weighted by Crippen LogP contribution is 2.23. The van der Waals surface area contributed by atoms with Crippen molar-refractivity contribution in [2.75, 3.05) is 13.1 Å². The van der Waals surface area contributed by atoms with Crippen molar-refractivity contribution in [2.24, 2.45) is 0 Å². The SMILES string of the molecule is Cc1ccc(CN2CCC(Br)C2)c(Cl)c1. The summed E-state index contributed by atoms with van der Waals surface area (Å²) in [5.74, 6) is 0. The van der Waals surface area contributed by atoms with Gasteiger partial charge in [0.05, 0.1) is 0 Å². The molecule has 0 N–H and O–H groups in total. The molecule has 0 bridgehead atoms. The van der Waals surface area contributed by atoms with Crippen LogP contribution in [0.3, 0.4) is 0 Å². The Bertz CT molecular complexity index is 353. The molecule has 1 saturated heterocycles. The highest BCUT2D eigenvalue weighted by atomic mass is 79.9. The quantitative estimate of drug-likeness (QED) is 0.751. The van der Waals surface area contributed by atoms with Crippen molar-refractivity contribution in [3.05, 3.63) is 34.3 Å². The van der Waals surface area contributed by atoms with E-state index in [0.717, 1.165) is 18.1 Å². The number of benzene rings is 1. The van der Waals surface area contributed by atoms with Gasteiger partial charge >= 0.3 is 0 Å². The van der Waals surface area contributed by atoms with Crippen LogP contribution < -0.4 is 0 Å². The lowest BCUT2D eigenvalue weighted by Gasteiger charge is -2.16. The van der Waals surface area contributed by atoms with Gasteiger partial charge in [0.25, 0.3) is 0 Å².